The Kier molecular flexibility index (Phi) is 3.02. The molecule has 0 saturated carbocycles. The zero-order valence-electron chi connectivity index (χ0n) is 11.5. The van der Waals surface area contributed by atoms with Gasteiger partial charge in [-0.05, 0) is 43.7 Å². The van der Waals surface area contributed by atoms with Crippen LogP contribution in [0.5, 0.6) is 5.75 Å². The number of aromatic nitrogens is 3. The molecule has 0 aliphatic rings. The van der Waals surface area contributed by atoms with Crippen LogP contribution in [0.3, 0.4) is 0 Å². The van der Waals surface area contributed by atoms with Gasteiger partial charge in [0, 0.05) is 11.8 Å². The van der Waals surface area contributed by atoms with Gasteiger partial charge >= 0.3 is 0 Å². The van der Waals surface area contributed by atoms with Crippen LogP contribution in [0.15, 0.2) is 36.5 Å². The van der Waals surface area contributed by atoms with E-state index < -0.39 is 0 Å². The molecule has 5 heteroatoms. The summed E-state index contributed by atoms with van der Waals surface area (Å²) in [5.74, 6) is 1.35. The lowest BCUT2D eigenvalue weighted by Gasteiger charge is -2.07. The van der Waals surface area contributed by atoms with Crippen molar-refractivity contribution in [2.24, 2.45) is 0 Å². The van der Waals surface area contributed by atoms with Crippen LogP contribution < -0.4 is 10.5 Å². The first kappa shape index (κ1) is 12.5. The van der Waals surface area contributed by atoms with Gasteiger partial charge in [-0.25, -0.2) is 9.50 Å². The van der Waals surface area contributed by atoms with Gasteiger partial charge in [0.15, 0.2) is 11.5 Å². The van der Waals surface area contributed by atoms with E-state index in [1.165, 1.54) is 0 Å². The topological polar surface area (TPSA) is 65.4 Å². The summed E-state index contributed by atoms with van der Waals surface area (Å²) in [5.41, 5.74) is 9.41. The molecular formula is C15H16N4O. The van der Waals surface area contributed by atoms with Gasteiger partial charge in [-0.15, -0.1) is 5.10 Å². The van der Waals surface area contributed by atoms with E-state index in [2.05, 4.69) is 10.1 Å². The first-order valence-electron chi connectivity index (χ1n) is 6.53. The third-order valence-electron chi connectivity index (χ3n) is 3.13. The molecule has 2 aromatic heterocycles. The fraction of sp³-hybridized carbons (Fsp3) is 0.200. The maximum atomic E-state index is 5.98. The van der Waals surface area contributed by atoms with Crippen molar-refractivity contribution in [2.75, 3.05) is 12.3 Å². The average Bonchev–Trinajstić information content (AvgIpc) is 2.87. The Morgan fingerprint density at radius 3 is 2.85 bits per heavy atom. The third-order valence-corrected chi connectivity index (χ3v) is 3.13. The van der Waals surface area contributed by atoms with Crippen molar-refractivity contribution in [3.05, 3.63) is 42.1 Å². The van der Waals surface area contributed by atoms with Gasteiger partial charge in [0.1, 0.15) is 5.75 Å². The smallest absolute Gasteiger partial charge is 0.182 e. The molecule has 102 valence electrons. The van der Waals surface area contributed by atoms with Crippen LogP contribution in [-0.4, -0.2) is 21.2 Å². The predicted octanol–water partition coefficient (Wildman–Crippen LogP) is 2.69. The van der Waals surface area contributed by atoms with E-state index in [0.717, 1.165) is 16.8 Å². The Hall–Kier alpha value is -2.56. The lowest BCUT2D eigenvalue weighted by molar-refractivity contribution is 0.342. The number of rotatable bonds is 3. The quantitative estimate of drug-likeness (QED) is 0.742. The number of nitrogen functional groups attached to an aromatic ring is 1. The van der Waals surface area contributed by atoms with Crippen molar-refractivity contribution in [2.45, 2.75) is 13.8 Å². The van der Waals surface area contributed by atoms with Crippen LogP contribution in [0, 0.1) is 6.92 Å². The molecule has 5 nitrogen and oxygen atoms in total. The van der Waals surface area contributed by atoms with E-state index in [4.69, 9.17) is 10.5 Å². The molecule has 0 aliphatic heterocycles. The number of nitrogens with two attached hydrogens (primary N) is 1. The molecule has 0 aliphatic carbocycles. The minimum atomic E-state index is 0.593. The fourth-order valence-corrected chi connectivity index (χ4v) is 2.14. The van der Waals surface area contributed by atoms with E-state index in [1.807, 2.05) is 50.4 Å². The van der Waals surface area contributed by atoms with Crippen LogP contribution in [0.1, 0.15) is 12.5 Å². The van der Waals surface area contributed by atoms with Crippen molar-refractivity contribution >= 4 is 11.3 Å². The molecule has 0 amide bonds. The summed E-state index contributed by atoms with van der Waals surface area (Å²) in [7, 11) is 0. The van der Waals surface area contributed by atoms with Gasteiger partial charge in [-0.3, -0.25) is 0 Å². The number of nitrogens with zero attached hydrogens (tertiary/aromatic N) is 3. The number of aryl methyl sites for hydroxylation is 1. The molecule has 3 rings (SSSR count). The SMILES string of the molecule is CCOc1ccc(-c2nc3c(C)cccn3n2)cc1N. The second kappa shape index (κ2) is 4.85. The highest BCUT2D eigenvalue weighted by Crippen LogP contribution is 2.27. The molecule has 0 fully saturated rings. The van der Waals surface area contributed by atoms with E-state index in [9.17, 15) is 0 Å². The molecule has 20 heavy (non-hydrogen) atoms. The summed E-state index contributed by atoms with van der Waals surface area (Å²) < 4.78 is 7.21. The highest BCUT2D eigenvalue weighted by atomic mass is 16.5. The number of pyridine rings is 1. The Morgan fingerprint density at radius 2 is 2.15 bits per heavy atom. The summed E-state index contributed by atoms with van der Waals surface area (Å²) in [5, 5.41) is 4.47. The molecule has 0 saturated heterocycles. The lowest BCUT2D eigenvalue weighted by Crippen LogP contribution is -1.97. The Labute approximate surface area is 117 Å². The summed E-state index contributed by atoms with van der Waals surface area (Å²) in [4.78, 5) is 4.55. The van der Waals surface area contributed by atoms with E-state index in [-0.39, 0.29) is 0 Å². The molecule has 1 aromatic carbocycles. The number of ether oxygens (including phenoxy) is 1. The molecule has 3 aromatic rings. The van der Waals surface area contributed by atoms with E-state index in [0.29, 0.717) is 23.9 Å². The first-order valence-corrected chi connectivity index (χ1v) is 6.53. The van der Waals surface area contributed by atoms with Gasteiger partial charge in [-0.2, -0.15) is 0 Å². The molecule has 0 unspecified atom stereocenters. The highest BCUT2D eigenvalue weighted by Gasteiger charge is 2.10. The van der Waals surface area contributed by atoms with Crippen molar-refractivity contribution < 1.29 is 4.74 Å². The van der Waals surface area contributed by atoms with Crippen LogP contribution in [-0.2, 0) is 0 Å². The molecule has 0 atom stereocenters. The van der Waals surface area contributed by atoms with Crippen molar-refractivity contribution in [1.29, 1.82) is 0 Å². The van der Waals surface area contributed by atoms with Gasteiger partial charge in [0.05, 0.1) is 12.3 Å². The zero-order chi connectivity index (χ0) is 14.1. The van der Waals surface area contributed by atoms with Gasteiger partial charge < -0.3 is 10.5 Å². The molecular weight excluding hydrogens is 252 g/mol. The highest BCUT2D eigenvalue weighted by molar-refractivity contribution is 5.67. The van der Waals surface area contributed by atoms with Gasteiger partial charge in [-0.1, -0.05) is 6.07 Å². The normalized spacial score (nSPS) is 10.9. The van der Waals surface area contributed by atoms with E-state index >= 15 is 0 Å². The second-order valence-corrected chi connectivity index (χ2v) is 4.58. The molecule has 0 spiro atoms. The minimum Gasteiger partial charge on any atom is -0.492 e. The molecule has 0 radical (unpaired) electrons. The largest absolute Gasteiger partial charge is 0.492 e. The summed E-state index contributed by atoms with van der Waals surface area (Å²) in [6.07, 6.45) is 1.89. The summed E-state index contributed by atoms with van der Waals surface area (Å²) in [6.45, 7) is 4.54. The first-order chi connectivity index (χ1) is 9.69. The average molecular weight is 268 g/mol. The van der Waals surface area contributed by atoms with Crippen molar-refractivity contribution in [3.8, 4) is 17.1 Å². The van der Waals surface area contributed by atoms with Crippen LogP contribution in [0.2, 0.25) is 0 Å². The number of fused-ring (bicyclic) bond motifs is 1. The maximum absolute atomic E-state index is 5.98. The fourth-order valence-electron chi connectivity index (χ4n) is 2.14. The predicted molar refractivity (Wildman–Crippen MR) is 78.7 cm³/mol. The van der Waals surface area contributed by atoms with E-state index in [1.54, 1.807) is 4.52 Å². The summed E-state index contributed by atoms with van der Waals surface area (Å²) >= 11 is 0. The number of hydrogen-bond acceptors (Lipinski definition) is 4. The standard InChI is InChI=1S/C15H16N4O/c1-3-20-13-7-6-11(9-12(13)16)14-17-15-10(2)5-4-8-19(15)18-14/h4-9H,3,16H2,1-2H3. The Bertz CT molecular complexity index is 764. The molecule has 2 N–H and O–H groups in total. The zero-order valence-corrected chi connectivity index (χ0v) is 11.5. The monoisotopic (exact) mass is 268 g/mol. The third kappa shape index (κ3) is 2.07. The van der Waals surface area contributed by atoms with Crippen LogP contribution >= 0.6 is 0 Å². The number of benzene rings is 1. The molecule has 2 heterocycles. The van der Waals surface area contributed by atoms with Crippen molar-refractivity contribution in [1.82, 2.24) is 14.6 Å². The summed E-state index contributed by atoms with van der Waals surface area (Å²) in [6, 6.07) is 9.58. The number of anilines is 1. The van der Waals surface area contributed by atoms with Gasteiger partial charge in [0.25, 0.3) is 0 Å². The van der Waals surface area contributed by atoms with Crippen molar-refractivity contribution in [3.63, 3.8) is 0 Å². The molecule has 0 bridgehead atoms. The Morgan fingerprint density at radius 1 is 1.30 bits per heavy atom. The second-order valence-electron chi connectivity index (χ2n) is 4.58. The Balaban J connectivity index is 2.06. The van der Waals surface area contributed by atoms with Gasteiger partial charge in [0.2, 0.25) is 0 Å². The lowest BCUT2D eigenvalue weighted by atomic mass is 10.2. The minimum absolute atomic E-state index is 0.593. The number of hydrogen-bond donors (Lipinski definition) is 1. The van der Waals surface area contributed by atoms with Crippen LogP contribution in [0.4, 0.5) is 5.69 Å². The maximum Gasteiger partial charge on any atom is 0.182 e. The van der Waals surface area contributed by atoms with Crippen LogP contribution in [0.25, 0.3) is 17.0 Å².